The van der Waals surface area contributed by atoms with Gasteiger partial charge in [0, 0.05) is 23.6 Å². The van der Waals surface area contributed by atoms with Crippen molar-refractivity contribution in [1.29, 1.82) is 0 Å². The van der Waals surface area contributed by atoms with Crippen LogP contribution < -0.4 is 5.32 Å². The molecule has 1 heterocycles. The monoisotopic (exact) mass is 268 g/mol. The van der Waals surface area contributed by atoms with Gasteiger partial charge in [-0.2, -0.15) is 0 Å². The Hall–Kier alpha value is -0.380. The fourth-order valence-electron chi connectivity index (χ4n) is 2.07. The molecule has 0 bridgehead atoms. The van der Waals surface area contributed by atoms with E-state index in [-0.39, 0.29) is 0 Å². The molecule has 3 heteroatoms. The second kappa shape index (κ2) is 5.10. The molecular weight excluding hydrogens is 252 g/mol. The minimum Gasteiger partial charge on any atom is -0.315 e. The first-order chi connectivity index (χ1) is 7.25. The zero-order chi connectivity index (χ0) is 10.7. The number of hydrogen-bond acceptors (Lipinski definition) is 2. The third kappa shape index (κ3) is 3.03. The lowest BCUT2D eigenvalue weighted by atomic mass is 10.1. The Balaban J connectivity index is 1.95. The van der Waals surface area contributed by atoms with Crippen molar-refractivity contribution >= 4 is 15.9 Å². The largest absolute Gasteiger partial charge is 0.315 e. The molecule has 1 atom stereocenters. The number of likely N-dealkylation sites (N-methyl/N-ethyl adjacent to an activating group) is 1. The average Bonchev–Trinajstić information content (AvgIpc) is 2.70. The van der Waals surface area contributed by atoms with Crippen LogP contribution in [-0.2, 0) is 6.54 Å². The van der Waals surface area contributed by atoms with E-state index < -0.39 is 0 Å². The van der Waals surface area contributed by atoms with Crippen LogP contribution in [0.5, 0.6) is 0 Å². The van der Waals surface area contributed by atoms with E-state index in [2.05, 4.69) is 57.5 Å². The van der Waals surface area contributed by atoms with Gasteiger partial charge in [-0.15, -0.1) is 0 Å². The van der Waals surface area contributed by atoms with Crippen LogP contribution in [-0.4, -0.2) is 31.1 Å². The molecule has 0 aliphatic carbocycles. The third-order valence-electron chi connectivity index (χ3n) is 2.98. The Morgan fingerprint density at radius 1 is 1.53 bits per heavy atom. The molecule has 1 aromatic carbocycles. The lowest BCUT2D eigenvalue weighted by Gasteiger charge is -2.23. The van der Waals surface area contributed by atoms with E-state index >= 15 is 0 Å². The van der Waals surface area contributed by atoms with Crippen LogP contribution in [0.25, 0.3) is 0 Å². The molecule has 0 saturated carbocycles. The van der Waals surface area contributed by atoms with E-state index in [1.165, 1.54) is 12.0 Å². The quantitative estimate of drug-likeness (QED) is 0.905. The molecule has 0 aromatic heterocycles. The Labute approximate surface area is 99.8 Å². The summed E-state index contributed by atoms with van der Waals surface area (Å²) in [5, 5.41) is 3.40. The van der Waals surface area contributed by atoms with Crippen molar-refractivity contribution < 1.29 is 0 Å². The lowest BCUT2D eigenvalue weighted by Crippen LogP contribution is -2.32. The molecule has 1 aliphatic heterocycles. The van der Waals surface area contributed by atoms with Gasteiger partial charge in [0.05, 0.1) is 0 Å². The fraction of sp³-hybridized carbons (Fsp3) is 0.500. The summed E-state index contributed by atoms with van der Waals surface area (Å²) in [5.41, 5.74) is 1.37. The fourth-order valence-corrected chi connectivity index (χ4v) is 2.51. The predicted molar refractivity (Wildman–Crippen MR) is 66.9 cm³/mol. The Morgan fingerprint density at radius 3 is 3.07 bits per heavy atom. The first-order valence-corrected chi connectivity index (χ1v) is 6.20. The summed E-state index contributed by atoms with van der Waals surface area (Å²) < 4.78 is 1.16. The van der Waals surface area contributed by atoms with Crippen molar-refractivity contribution in [2.45, 2.75) is 19.0 Å². The van der Waals surface area contributed by atoms with Crippen LogP contribution >= 0.6 is 15.9 Å². The molecule has 82 valence electrons. The zero-order valence-electron chi connectivity index (χ0n) is 9.04. The van der Waals surface area contributed by atoms with Gasteiger partial charge in [0.15, 0.2) is 0 Å². The molecule has 1 N–H and O–H groups in total. The first-order valence-electron chi connectivity index (χ1n) is 5.41. The topological polar surface area (TPSA) is 15.3 Å². The highest BCUT2D eigenvalue weighted by Crippen LogP contribution is 2.15. The Kier molecular flexibility index (Phi) is 3.78. The van der Waals surface area contributed by atoms with Crippen molar-refractivity contribution in [2.75, 3.05) is 20.1 Å². The number of nitrogens with one attached hydrogen (secondary N) is 1. The summed E-state index contributed by atoms with van der Waals surface area (Å²) in [6.45, 7) is 3.32. The van der Waals surface area contributed by atoms with Gasteiger partial charge < -0.3 is 5.32 Å². The summed E-state index contributed by atoms with van der Waals surface area (Å²) in [5.74, 6) is 0. The van der Waals surface area contributed by atoms with Gasteiger partial charge in [-0.1, -0.05) is 28.1 Å². The molecule has 0 spiro atoms. The number of nitrogens with zero attached hydrogens (tertiary/aromatic N) is 1. The predicted octanol–water partition coefficient (Wildman–Crippen LogP) is 2.24. The van der Waals surface area contributed by atoms with Gasteiger partial charge in [0.1, 0.15) is 0 Å². The van der Waals surface area contributed by atoms with Crippen LogP contribution in [0, 0.1) is 0 Å². The third-order valence-corrected chi connectivity index (χ3v) is 3.47. The summed E-state index contributed by atoms with van der Waals surface area (Å²) in [6.07, 6.45) is 1.27. The van der Waals surface area contributed by atoms with Gasteiger partial charge in [-0.05, 0) is 37.7 Å². The SMILES string of the molecule is CN(Cc1cccc(Br)c1)C1CCNC1. The van der Waals surface area contributed by atoms with Crippen LogP contribution in [0.1, 0.15) is 12.0 Å². The highest BCUT2D eigenvalue weighted by atomic mass is 79.9. The van der Waals surface area contributed by atoms with E-state index in [0.29, 0.717) is 6.04 Å². The molecule has 2 rings (SSSR count). The molecule has 1 aliphatic rings. The maximum atomic E-state index is 3.50. The van der Waals surface area contributed by atoms with Crippen molar-refractivity contribution in [3.8, 4) is 0 Å². The molecule has 1 unspecified atom stereocenters. The van der Waals surface area contributed by atoms with Gasteiger partial charge >= 0.3 is 0 Å². The first kappa shape index (κ1) is 11.1. The Morgan fingerprint density at radius 2 is 2.40 bits per heavy atom. The molecule has 15 heavy (non-hydrogen) atoms. The van der Waals surface area contributed by atoms with Crippen LogP contribution in [0.3, 0.4) is 0 Å². The van der Waals surface area contributed by atoms with Crippen molar-refractivity contribution in [2.24, 2.45) is 0 Å². The average molecular weight is 269 g/mol. The van der Waals surface area contributed by atoms with E-state index in [9.17, 15) is 0 Å². The number of benzene rings is 1. The van der Waals surface area contributed by atoms with E-state index in [1.807, 2.05) is 0 Å². The van der Waals surface area contributed by atoms with E-state index in [1.54, 1.807) is 0 Å². The van der Waals surface area contributed by atoms with Gasteiger partial charge in [0.25, 0.3) is 0 Å². The number of rotatable bonds is 3. The highest BCUT2D eigenvalue weighted by Gasteiger charge is 2.18. The maximum absolute atomic E-state index is 3.50. The standard InChI is InChI=1S/C12H17BrN2/c1-15(12-5-6-14-8-12)9-10-3-2-4-11(13)7-10/h2-4,7,12,14H,5-6,8-9H2,1H3. The smallest absolute Gasteiger partial charge is 0.0234 e. The molecule has 0 amide bonds. The summed E-state index contributed by atoms with van der Waals surface area (Å²) in [4.78, 5) is 2.43. The second-order valence-corrected chi connectivity index (χ2v) is 5.11. The Bertz CT molecular complexity index is 321. The van der Waals surface area contributed by atoms with Gasteiger partial charge in [-0.25, -0.2) is 0 Å². The van der Waals surface area contributed by atoms with E-state index in [0.717, 1.165) is 24.1 Å². The van der Waals surface area contributed by atoms with Crippen LogP contribution in [0.15, 0.2) is 28.7 Å². The molecule has 0 radical (unpaired) electrons. The van der Waals surface area contributed by atoms with Gasteiger partial charge in [0.2, 0.25) is 0 Å². The number of hydrogen-bond donors (Lipinski definition) is 1. The summed E-state index contributed by atoms with van der Waals surface area (Å²) in [7, 11) is 2.21. The van der Waals surface area contributed by atoms with Crippen molar-refractivity contribution in [1.82, 2.24) is 10.2 Å². The zero-order valence-corrected chi connectivity index (χ0v) is 10.6. The minimum absolute atomic E-state index is 0.698. The highest BCUT2D eigenvalue weighted by molar-refractivity contribution is 9.10. The summed E-state index contributed by atoms with van der Waals surface area (Å²) >= 11 is 3.50. The van der Waals surface area contributed by atoms with Crippen LogP contribution in [0.2, 0.25) is 0 Å². The van der Waals surface area contributed by atoms with Crippen LogP contribution in [0.4, 0.5) is 0 Å². The van der Waals surface area contributed by atoms with Crippen molar-refractivity contribution in [3.63, 3.8) is 0 Å². The second-order valence-electron chi connectivity index (χ2n) is 4.19. The van der Waals surface area contributed by atoms with Gasteiger partial charge in [-0.3, -0.25) is 4.90 Å². The molecular formula is C12H17BrN2. The van der Waals surface area contributed by atoms with Crippen molar-refractivity contribution in [3.05, 3.63) is 34.3 Å². The molecule has 1 saturated heterocycles. The lowest BCUT2D eigenvalue weighted by molar-refractivity contribution is 0.249. The number of halogens is 1. The molecule has 1 aromatic rings. The maximum Gasteiger partial charge on any atom is 0.0234 e. The summed E-state index contributed by atoms with van der Waals surface area (Å²) in [6, 6.07) is 9.24. The molecule has 1 fully saturated rings. The normalized spacial score (nSPS) is 21.1. The minimum atomic E-state index is 0.698. The molecule has 2 nitrogen and oxygen atoms in total. The van der Waals surface area contributed by atoms with E-state index in [4.69, 9.17) is 0 Å².